The van der Waals surface area contributed by atoms with Gasteiger partial charge in [0.15, 0.2) is 6.61 Å². The SMILES string of the molecule is CCN(CC)S(=O)(=O)c1ccc(Cl)c(C(=O)OCC(=O)OC)c1. The van der Waals surface area contributed by atoms with Crippen LogP contribution in [0, 0.1) is 0 Å². The van der Waals surface area contributed by atoms with Gasteiger partial charge in [0.25, 0.3) is 0 Å². The Kier molecular flexibility index (Phi) is 6.99. The van der Waals surface area contributed by atoms with Crippen LogP contribution in [0.1, 0.15) is 24.2 Å². The topological polar surface area (TPSA) is 90.0 Å². The summed E-state index contributed by atoms with van der Waals surface area (Å²) < 4.78 is 35.2. The normalized spacial score (nSPS) is 11.3. The van der Waals surface area contributed by atoms with E-state index in [9.17, 15) is 18.0 Å². The third kappa shape index (κ3) is 4.66. The van der Waals surface area contributed by atoms with Crippen molar-refractivity contribution in [2.75, 3.05) is 26.8 Å². The number of hydrogen-bond donors (Lipinski definition) is 0. The minimum atomic E-state index is -3.73. The maximum Gasteiger partial charge on any atom is 0.344 e. The number of sulfonamides is 1. The lowest BCUT2D eigenvalue weighted by Gasteiger charge is -2.19. The highest BCUT2D eigenvalue weighted by Crippen LogP contribution is 2.23. The fraction of sp³-hybridized carbons (Fsp3) is 0.429. The molecule has 128 valence electrons. The second-order valence-electron chi connectivity index (χ2n) is 4.38. The fourth-order valence-corrected chi connectivity index (χ4v) is 3.47. The zero-order valence-corrected chi connectivity index (χ0v) is 14.6. The van der Waals surface area contributed by atoms with Crippen molar-refractivity contribution in [3.63, 3.8) is 0 Å². The van der Waals surface area contributed by atoms with Gasteiger partial charge in [-0.2, -0.15) is 4.31 Å². The molecule has 1 aromatic carbocycles. The first-order valence-corrected chi connectivity index (χ1v) is 8.63. The first-order chi connectivity index (χ1) is 10.8. The summed E-state index contributed by atoms with van der Waals surface area (Å²) in [5.41, 5.74) is -0.135. The smallest absolute Gasteiger partial charge is 0.344 e. The van der Waals surface area contributed by atoms with E-state index in [4.69, 9.17) is 16.3 Å². The highest BCUT2D eigenvalue weighted by Gasteiger charge is 2.24. The maximum absolute atomic E-state index is 12.4. The van der Waals surface area contributed by atoms with E-state index in [-0.39, 0.29) is 15.5 Å². The number of benzene rings is 1. The molecule has 0 atom stereocenters. The Balaban J connectivity index is 3.13. The first kappa shape index (κ1) is 19.4. The maximum atomic E-state index is 12.4. The highest BCUT2D eigenvalue weighted by molar-refractivity contribution is 7.89. The average molecular weight is 364 g/mol. The number of methoxy groups -OCH3 is 1. The molecule has 0 heterocycles. The van der Waals surface area contributed by atoms with Crippen molar-refractivity contribution in [3.05, 3.63) is 28.8 Å². The van der Waals surface area contributed by atoms with Crippen LogP contribution in [0.3, 0.4) is 0 Å². The minimum Gasteiger partial charge on any atom is -0.466 e. The van der Waals surface area contributed by atoms with Gasteiger partial charge >= 0.3 is 11.9 Å². The highest BCUT2D eigenvalue weighted by atomic mass is 35.5. The van der Waals surface area contributed by atoms with Crippen LogP contribution in [-0.2, 0) is 24.3 Å². The molecule has 0 saturated heterocycles. The Morgan fingerprint density at radius 1 is 1.22 bits per heavy atom. The monoisotopic (exact) mass is 363 g/mol. The van der Waals surface area contributed by atoms with Gasteiger partial charge in [0.2, 0.25) is 10.0 Å². The zero-order valence-electron chi connectivity index (χ0n) is 13.0. The molecule has 0 aliphatic heterocycles. The van der Waals surface area contributed by atoms with Crippen molar-refractivity contribution < 1.29 is 27.5 Å². The van der Waals surface area contributed by atoms with Crippen molar-refractivity contribution in [3.8, 4) is 0 Å². The van der Waals surface area contributed by atoms with E-state index in [0.717, 1.165) is 13.2 Å². The molecule has 0 spiro atoms. The molecule has 0 amide bonds. The number of carbonyl (C=O) groups is 2. The summed E-state index contributed by atoms with van der Waals surface area (Å²) in [7, 11) is -2.58. The molecule has 0 unspecified atom stereocenters. The third-order valence-corrected chi connectivity index (χ3v) is 5.43. The van der Waals surface area contributed by atoms with E-state index >= 15 is 0 Å². The molecular formula is C14H18ClNO6S. The molecule has 23 heavy (non-hydrogen) atoms. The Morgan fingerprint density at radius 3 is 2.35 bits per heavy atom. The lowest BCUT2D eigenvalue weighted by molar-refractivity contribution is -0.144. The van der Waals surface area contributed by atoms with E-state index in [2.05, 4.69) is 4.74 Å². The van der Waals surface area contributed by atoms with Gasteiger partial charge in [-0.25, -0.2) is 18.0 Å². The summed E-state index contributed by atoms with van der Waals surface area (Å²) in [5.74, 6) is -1.64. The summed E-state index contributed by atoms with van der Waals surface area (Å²) in [5, 5.41) is 0.0263. The van der Waals surface area contributed by atoms with Crippen LogP contribution in [0.25, 0.3) is 0 Å². The van der Waals surface area contributed by atoms with Gasteiger partial charge in [0, 0.05) is 13.1 Å². The number of esters is 2. The number of nitrogens with zero attached hydrogens (tertiary/aromatic N) is 1. The Bertz CT molecular complexity index is 685. The fourth-order valence-electron chi connectivity index (χ4n) is 1.80. The van der Waals surface area contributed by atoms with Gasteiger partial charge in [0.1, 0.15) is 0 Å². The minimum absolute atomic E-state index is 0.0263. The molecule has 0 radical (unpaired) electrons. The molecule has 0 N–H and O–H groups in total. The molecule has 1 aromatic rings. The van der Waals surface area contributed by atoms with Gasteiger partial charge in [-0.1, -0.05) is 25.4 Å². The Labute approximate surface area is 140 Å². The predicted octanol–water partition coefficient (Wildman–Crippen LogP) is 1.70. The van der Waals surface area contributed by atoms with Gasteiger partial charge in [-0.3, -0.25) is 0 Å². The summed E-state index contributed by atoms with van der Waals surface area (Å²) in [4.78, 5) is 22.9. The number of halogens is 1. The van der Waals surface area contributed by atoms with Crippen molar-refractivity contribution in [1.82, 2.24) is 4.31 Å². The van der Waals surface area contributed by atoms with Gasteiger partial charge in [-0.15, -0.1) is 0 Å². The van der Waals surface area contributed by atoms with Gasteiger partial charge < -0.3 is 9.47 Å². The lowest BCUT2D eigenvalue weighted by Crippen LogP contribution is -2.30. The summed E-state index contributed by atoms with van der Waals surface area (Å²) >= 11 is 5.91. The molecule has 1 rings (SSSR count). The second kappa shape index (κ2) is 8.28. The van der Waals surface area contributed by atoms with Gasteiger partial charge in [-0.05, 0) is 18.2 Å². The number of carbonyl (C=O) groups excluding carboxylic acids is 2. The second-order valence-corrected chi connectivity index (χ2v) is 6.73. The van der Waals surface area contributed by atoms with Crippen molar-refractivity contribution in [2.45, 2.75) is 18.7 Å². The van der Waals surface area contributed by atoms with E-state index in [1.54, 1.807) is 13.8 Å². The standard InChI is InChI=1S/C14H18ClNO6S/c1-4-16(5-2)23(19,20)10-6-7-12(15)11(8-10)14(18)22-9-13(17)21-3/h6-8H,4-5,9H2,1-3H3. The van der Waals surface area contributed by atoms with E-state index in [1.807, 2.05) is 0 Å². The predicted molar refractivity (Wildman–Crippen MR) is 83.9 cm³/mol. The van der Waals surface area contributed by atoms with E-state index in [0.29, 0.717) is 13.1 Å². The summed E-state index contributed by atoms with van der Waals surface area (Å²) in [6, 6.07) is 3.75. The molecular weight excluding hydrogens is 346 g/mol. The first-order valence-electron chi connectivity index (χ1n) is 6.81. The van der Waals surface area contributed by atoms with Crippen molar-refractivity contribution in [2.24, 2.45) is 0 Å². The van der Waals surface area contributed by atoms with Crippen LogP contribution in [0.2, 0.25) is 5.02 Å². The van der Waals surface area contributed by atoms with Crippen molar-refractivity contribution >= 4 is 33.6 Å². The van der Waals surface area contributed by atoms with Crippen LogP contribution in [0.4, 0.5) is 0 Å². The van der Waals surface area contributed by atoms with E-state index < -0.39 is 28.6 Å². The van der Waals surface area contributed by atoms with Crippen LogP contribution in [0.5, 0.6) is 0 Å². The molecule has 0 aliphatic rings. The molecule has 7 nitrogen and oxygen atoms in total. The summed E-state index contributed by atoms with van der Waals surface area (Å²) in [6.45, 7) is 3.43. The van der Waals surface area contributed by atoms with Crippen LogP contribution in [0.15, 0.2) is 23.1 Å². The van der Waals surface area contributed by atoms with Crippen LogP contribution < -0.4 is 0 Å². The Hall–Kier alpha value is -1.64. The molecule has 9 heteroatoms. The zero-order chi connectivity index (χ0) is 17.6. The van der Waals surface area contributed by atoms with Crippen molar-refractivity contribution in [1.29, 1.82) is 0 Å². The average Bonchev–Trinajstić information content (AvgIpc) is 2.53. The number of ether oxygens (including phenoxy) is 2. The lowest BCUT2D eigenvalue weighted by atomic mass is 10.2. The number of rotatable bonds is 7. The van der Waals surface area contributed by atoms with Crippen LogP contribution >= 0.6 is 11.6 Å². The number of hydrogen-bond acceptors (Lipinski definition) is 6. The Morgan fingerprint density at radius 2 is 1.83 bits per heavy atom. The summed E-state index contributed by atoms with van der Waals surface area (Å²) in [6.07, 6.45) is 0. The molecule has 0 fully saturated rings. The molecule has 0 bridgehead atoms. The van der Waals surface area contributed by atoms with Crippen LogP contribution in [-0.4, -0.2) is 51.5 Å². The van der Waals surface area contributed by atoms with E-state index in [1.165, 1.54) is 16.4 Å². The quantitative estimate of drug-likeness (QED) is 0.685. The molecule has 0 aromatic heterocycles. The van der Waals surface area contributed by atoms with Gasteiger partial charge in [0.05, 0.1) is 22.6 Å². The molecule has 0 aliphatic carbocycles. The molecule has 0 saturated carbocycles. The third-order valence-electron chi connectivity index (χ3n) is 3.05. The largest absolute Gasteiger partial charge is 0.466 e.